The second kappa shape index (κ2) is 14.4. The average molecular weight is 527 g/mol. The highest BCUT2D eigenvalue weighted by Crippen LogP contribution is 2.14. The minimum Gasteiger partial charge on any atom is -0.381 e. The lowest BCUT2D eigenvalue weighted by Crippen LogP contribution is -2.38. The fraction of sp³-hybridized carbons (Fsp3) is 0.545. The molecule has 2 heterocycles. The number of ether oxygens (including phenoxy) is 2. The third kappa shape index (κ3) is 8.61. The number of halogens is 1. The summed E-state index contributed by atoms with van der Waals surface area (Å²) in [5.74, 6) is 1.50. The van der Waals surface area contributed by atoms with Gasteiger partial charge in [0, 0.05) is 51.9 Å². The molecule has 0 amide bonds. The first-order chi connectivity index (χ1) is 14.3. The van der Waals surface area contributed by atoms with E-state index >= 15 is 0 Å². The third-order valence-electron chi connectivity index (χ3n) is 4.92. The van der Waals surface area contributed by atoms with Crippen molar-refractivity contribution in [3.8, 4) is 5.69 Å². The van der Waals surface area contributed by atoms with E-state index in [2.05, 4.69) is 51.9 Å². The highest BCUT2D eigenvalue weighted by atomic mass is 127. The second-order valence-electron chi connectivity index (χ2n) is 7.22. The van der Waals surface area contributed by atoms with Gasteiger partial charge in [0.15, 0.2) is 5.96 Å². The Morgan fingerprint density at radius 3 is 2.73 bits per heavy atom. The van der Waals surface area contributed by atoms with E-state index in [1.165, 1.54) is 0 Å². The molecule has 0 saturated carbocycles. The Morgan fingerprint density at radius 2 is 2.03 bits per heavy atom. The number of rotatable bonds is 10. The molecular weight excluding hydrogens is 493 g/mol. The monoisotopic (exact) mass is 527 g/mol. The zero-order valence-electron chi connectivity index (χ0n) is 17.8. The quantitative estimate of drug-likeness (QED) is 0.215. The van der Waals surface area contributed by atoms with Crippen molar-refractivity contribution in [3.63, 3.8) is 0 Å². The number of nitrogens with one attached hydrogen (secondary N) is 2. The molecule has 30 heavy (non-hydrogen) atoms. The highest BCUT2D eigenvalue weighted by Gasteiger charge is 2.13. The molecule has 1 saturated heterocycles. The molecule has 2 N–H and O–H groups in total. The first-order valence-corrected chi connectivity index (χ1v) is 10.6. The van der Waals surface area contributed by atoms with Crippen LogP contribution in [0.4, 0.5) is 0 Å². The molecule has 166 valence electrons. The SMILES string of the molecule is CCNC(=NCc1ccc(-n2cccn2)cc1)NCCCOCC1CCOCC1.I. The molecule has 1 aliphatic heterocycles. The fourth-order valence-electron chi connectivity index (χ4n) is 3.23. The van der Waals surface area contributed by atoms with Crippen LogP contribution in [0.25, 0.3) is 5.69 Å². The first-order valence-electron chi connectivity index (χ1n) is 10.6. The topological polar surface area (TPSA) is 72.7 Å². The zero-order valence-corrected chi connectivity index (χ0v) is 20.1. The van der Waals surface area contributed by atoms with Crippen molar-refractivity contribution in [3.05, 3.63) is 48.3 Å². The molecule has 0 atom stereocenters. The fourth-order valence-corrected chi connectivity index (χ4v) is 3.23. The molecule has 1 aliphatic rings. The largest absolute Gasteiger partial charge is 0.381 e. The number of aromatic nitrogens is 2. The van der Waals surface area contributed by atoms with Crippen LogP contribution in [0.2, 0.25) is 0 Å². The van der Waals surface area contributed by atoms with Gasteiger partial charge in [0.25, 0.3) is 0 Å². The number of hydrogen-bond donors (Lipinski definition) is 2. The third-order valence-corrected chi connectivity index (χ3v) is 4.92. The van der Waals surface area contributed by atoms with Gasteiger partial charge >= 0.3 is 0 Å². The Morgan fingerprint density at radius 1 is 1.23 bits per heavy atom. The van der Waals surface area contributed by atoms with Crippen LogP contribution in [0, 0.1) is 5.92 Å². The summed E-state index contributed by atoms with van der Waals surface area (Å²) < 4.78 is 13.1. The van der Waals surface area contributed by atoms with Crippen molar-refractivity contribution in [2.75, 3.05) is 39.5 Å². The van der Waals surface area contributed by atoms with E-state index in [1.54, 1.807) is 6.20 Å². The maximum Gasteiger partial charge on any atom is 0.191 e. The smallest absolute Gasteiger partial charge is 0.191 e. The average Bonchev–Trinajstić information content (AvgIpc) is 3.30. The summed E-state index contributed by atoms with van der Waals surface area (Å²) >= 11 is 0. The molecule has 0 unspecified atom stereocenters. The molecule has 1 aromatic carbocycles. The van der Waals surface area contributed by atoms with Gasteiger partial charge in [-0.15, -0.1) is 24.0 Å². The van der Waals surface area contributed by atoms with Gasteiger partial charge in [-0.2, -0.15) is 5.10 Å². The first kappa shape index (κ1) is 24.6. The lowest BCUT2D eigenvalue weighted by Gasteiger charge is -2.21. The van der Waals surface area contributed by atoms with Crippen LogP contribution in [-0.2, 0) is 16.0 Å². The van der Waals surface area contributed by atoms with Crippen molar-refractivity contribution in [2.45, 2.75) is 32.7 Å². The molecule has 3 rings (SSSR count). The van der Waals surface area contributed by atoms with E-state index < -0.39 is 0 Å². The lowest BCUT2D eigenvalue weighted by molar-refractivity contribution is 0.0203. The maximum absolute atomic E-state index is 5.82. The van der Waals surface area contributed by atoms with Gasteiger partial charge in [-0.1, -0.05) is 12.1 Å². The minimum absolute atomic E-state index is 0. The van der Waals surface area contributed by atoms with Crippen LogP contribution in [0.1, 0.15) is 31.7 Å². The summed E-state index contributed by atoms with van der Waals surface area (Å²) in [5, 5.41) is 10.9. The van der Waals surface area contributed by atoms with Crippen LogP contribution < -0.4 is 10.6 Å². The number of benzene rings is 1. The van der Waals surface area contributed by atoms with Gasteiger partial charge in [0.1, 0.15) is 0 Å². The summed E-state index contributed by atoms with van der Waals surface area (Å²) in [6.07, 6.45) is 6.93. The number of hydrogen-bond acceptors (Lipinski definition) is 4. The molecule has 0 bridgehead atoms. The summed E-state index contributed by atoms with van der Waals surface area (Å²) in [6, 6.07) is 10.2. The van der Waals surface area contributed by atoms with E-state index in [1.807, 2.05) is 16.9 Å². The predicted octanol–water partition coefficient (Wildman–Crippen LogP) is 3.38. The molecule has 0 aliphatic carbocycles. The Labute approximate surface area is 196 Å². The minimum atomic E-state index is 0. The summed E-state index contributed by atoms with van der Waals surface area (Å²) in [6.45, 7) is 7.78. The standard InChI is InChI=1S/C22H33N5O2.HI/c1-2-23-22(24-11-4-14-29-18-20-9-15-28-16-10-20)25-17-19-5-7-21(8-6-19)27-13-3-12-26-27;/h3,5-8,12-13,20H,2,4,9-11,14-18H2,1H3,(H2,23,24,25);1H. The molecule has 7 nitrogen and oxygen atoms in total. The Hall–Kier alpha value is -1.65. The molecule has 2 aromatic rings. The van der Waals surface area contributed by atoms with Gasteiger partial charge in [-0.25, -0.2) is 9.67 Å². The van der Waals surface area contributed by atoms with Gasteiger partial charge in [-0.3, -0.25) is 0 Å². The molecule has 0 radical (unpaired) electrons. The Balaban J connectivity index is 0.00000320. The Bertz CT molecular complexity index is 716. The summed E-state index contributed by atoms with van der Waals surface area (Å²) in [7, 11) is 0. The number of guanidine groups is 1. The Kier molecular flexibility index (Phi) is 11.8. The van der Waals surface area contributed by atoms with Crippen molar-refractivity contribution < 1.29 is 9.47 Å². The number of aliphatic imine (C=N–C) groups is 1. The van der Waals surface area contributed by atoms with E-state index in [-0.39, 0.29) is 24.0 Å². The van der Waals surface area contributed by atoms with Crippen molar-refractivity contribution in [1.29, 1.82) is 0 Å². The van der Waals surface area contributed by atoms with E-state index in [4.69, 9.17) is 9.47 Å². The predicted molar refractivity (Wildman–Crippen MR) is 131 cm³/mol. The van der Waals surface area contributed by atoms with Crippen LogP contribution in [0.3, 0.4) is 0 Å². The van der Waals surface area contributed by atoms with E-state index in [0.29, 0.717) is 12.5 Å². The summed E-state index contributed by atoms with van der Waals surface area (Å²) in [5.41, 5.74) is 2.21. The van der Waals surface area contributed by atoms with Crippen molar-refractivity contribution >= 4 is 29.9 Å². The molecule has 1 aromatic heterocycles. The van der Waals surface area contributed by atoms with E-state index in [9.17, 15) is 0 Å². The molecule has 1 fully saturated rings. The molecule has 0 spiro atoms. The maximum atomic E-state index is 5.82. The van der Waals surface area contributed by atoms with Crippen LogP contribution >= 0.6 is 24.0 Å². The molecule has 8 heteroatoms. The lowest BCUT2D eigenvalue weighted by atomic mass is 10.0. The zero-order chi connectivity index (χ0) is 20.2. The van der Waals surface area contributed by atoms with Crippen LogP contribution in [-0.4, -0.2) is 55.3 Å². The second-order valence-corrected chi connectivity index (χ2v) is 7.22. The van der Waals surface area contributed by atoms with Crippen molar-refractivity contribution in [2.24, 2.45) is 10.9 Å². The highest BCUT2D eigenvalue weighted by molar-refractivity contribution is 14.0. The van der Waals surface area contributed by atoms with Crippen LogP contribution in [0.5, 0.6) is 0 Å². The van der Waals surface area contributed by atoms with Gasteiger partial charge in [0.05, 0.1) is 12.2 Å². The normalized spacial score (nSPS) is 14.9. The van der Waals surface area contributed by atoms with E-state index in [0.717, 1.165) is 76.0 Å². The van der Waals surface area contributed by atoms with Gasteiger partial charge < -0.3 is 20.1 Å². The number of nitrogens with zero attached hydrogens (tertiary/aromatic N) is 3. The van der Waals surface area contributed by atoms with Gasteiger partial charge in [-0.05, 0) is 55.9 Å². The van der Waals surface area contributed by atoms with Crippen molar-refractivity contribution in [1.82, 2.24) is 20.4 Å². The molecular formula is C22H34IN5O2. The van der Waals surface area contributed by atoms with Crippen LogP contribution in [0.15, 0.2) is 47.7 Å². The summed E-state index contributed by atoms with van der Waals surface area (Å²) in [4.78, 5) is 4.68. The van der Waals surface area contributed by atoms with Gasteiger partial charge in [0.2, 0.25) is 0 Å².